The lowest BCUT2D eigenvalue weighted by Gasteiger charge is -2.14. The van der Waals surface area contributed by atoms with E-state index in [1.54, 1.807) is 12.1 Å². The minimum atomic E-state index is -2.93. The highest BCUT2D eigenvalue weighted by atomic mass is 19.3. The fourth-order valence-electron chi connectivity index (χ4n) is 1.98. The van der Waals surface area contributed by atoms with Crippen molar-refractivity contribution in [3.05, 3.63) is 30.0 Å². The minimum absolute atomic E-state index is 0.00464. The third-order valence-electron chi connectivity index (χ3n) is 3.33. The molecule has 1 aromatic carbocycles. The summed E-state index contributed by atoms with van der Waals surface area (Å²) in [6.07, 6.45) is -0.647. The van der Waals surface area contributed by atoms with E-state index in [1.165, 1.54) is 12.1 Å². The predicted octanol–water partition coefficient (Wildman–Crippen LogP) is 2.52. The molecule has 0 aliphatic carbocycles. The van der Waals surface area contributed by atoms with Gasteiger partial charge in [-0.3, -0.25) is 4.79 Å². The molecule has 0 saturated heterocycles. The molecule has 22 heavy (non-hydrogen) atoms. The first kappa shape index (κ1) is 16.2. The smallest absolute Gasteiger partial charge is 0.387 e. The Balaban J connectivity index is 2.17. The van der Waals surface area contributed by atoms with E-state index in [1.807, 2.05) is 13.8 Å². The first-order chi connectivity index (χ1) is 10.4. The number of nitrogens with one attached hydrogen (secondary N) is 2. The van der Waals surface area contributed by atoms with Gasteiger partial charge in [0.05, 0.1) is 6.10 Å². The fraction of sp³-hybridized carbons (Fsp3) is 0.400. The largest absolute Gasteiger partial charge is 0.434 e. The fourth-order valence-corrected chi connectivity index (χ4v) is 1.98. The van der Waals surface area contributed by atoms with Gasteiger partial charge in [-0.1, -0.05) is 19.9 Å². The van der Waals surface area contributed by atoms with E-state index in [4.69, 9.17) is 0 Å². The van der Waals surface area contributed by atoms with Crippen molar-refractivity contribution < 1.29 is 23.4 Å². The van der Waals surface area contributed by atoms with Gasteiger partial charge < -0.3 is 20.1 Å². The van der Waals surface area contributed by atoms with Crippen LogP contribution in [-0.2, 0) is 0 Å². The maximum absolute atomic E-state index is 12.4. The molecule has 0 spiro atoms. The summed E-state index contributed by atoms with van der Waals surface area (Å²) in [5.41, 5.74) is 0.740. The van der Waals surface area contributed by atoms with Crippen molar-refractivity contribution in [2.45, 2.75) is 26.6 Å². The zero-order chi connectivity index (χ0) is 16.3. The summed E-state index contributed by atoms with van der Waals surface area (Å²) in [7, 11) is 0. The van der Waals surface area contributed by atoms with Crippen LogP contribution < -0.4 is 10.1 Å². The van der Waals surface area contributed by atoms with Crippen molar-refractivity contribution in [3.8, 4) is 5.75 Å². The first-order valence-electron chi connectivity index (χ1n) is 6.91. The molecule has 1 heterocycles. The van der Waals surface area contributed by atoms with Gasteiger partial charge in [0.15, 0.2) is 0 Å². The van der Waals surface area contributed by atoms with E-state index >= 15 is 0 Å². The molecule has 1 atom stereocenters. The molecule has 7 heteroatoms. The number of benzene rings is 1. The number of halogens is 2. The number of H-pyrrole nitrogens is 1. The van der Waals surface area contributed by atoms with Crippen LogP contribution in [0.2, 0.25) is 0 Å². The van der Waals surface area contributed by atoms with Crippen LogP contribution in [0.4, 0.5) is 8.78 Å². The number of rotatable bonds is 6. The molecule has 0 radical (unpaired) electrons. The van der Waals surface area contributed by atoms with Crippen LogP contribution in [0, 0.1) is 5.92 Å². The number of aromatic nitrogens is 1. The Morgan fingerprint density at radius 3 is 2.77 bits per heavy atom. The lowest BCUT2D eigenvalue weighted by Crippen LogP contribution is -2.34. The number of aromatic amines is 1. The molecule has 0 bridgehead atoms. The molecule has 0 saturated carbocycles. The number of aliphatic hydroxyl groups excluding tert-OH is 1. The van der Waals surface area contributed by atoms with Crippen molar-refractivity contribution in [2.75, 3.05) is 6.54 Å². The second-order valence-corrected chi connectivity index (χ2v) is 5.30. The lowest BCUT2D eigenvalue weighted by molar-refractivity contribution is -0.0487. The highest BCUT2D eigenvalue weighted by Gasteiger charge is 2.16. The normalized spacial score (nSPS) is 12.9. The quantitative estimate of drug-likeness (QED) is 0.767. The Kier molecular flexibility index (Phi) is 4.97. The predicted molar refractivity (Wildman–Crippen MR) is 78.1 cm³/mol. The van der Waals surface area contributed by atoms with E-state index in [0.717, 1.165) is 0 Å². The summed E-state index contributed by atoms with van der Waals surface area (Å²) >= 11 is 0. The number of amides is 1. The zero-order valence-corrected chi connectivity index (χ0v) is 12.3. The van der Waals surface area contributed by atoms with Crippen LogP contribution in [0.5, 0.6) is 5.75 Å². The summed E-state index contributed by atoms with van der Waals surface area (Å²) < 4.78 is 29.1. The molecule has 2 rings (SSSR count). The van der Waals surface area contributed by atoms with E-state index in [0.29, 0.717) is 10.9 Å². The Labute approximate surface area is 126 Å². The maximum Gasteiger partial charge on any atom is 0.387 e. The second kappa shape index (κ2) is 6.74. The second-order valence-electron chi connectivity index (χ2n) is 5.30. The van der Waals surface area contributed by atoms with Gasteiger partial charge in [-0.05, 0) is 24.1 Å². The molecule has 1 aromatic heterocycles. The maximum atomic E-state index is 12.4. The zero-order valence-electron chi connectivity index (χ0n) is 12.3. The molecule has 2 aromatic rings. The van der Waals surface area contributed by atoms with Crippen LogP contribution in [-0.4, -0.2) is 35.3 Å². The van der Waals surface area contributed by atoms with Gasteiger partial charge in [-0.2, -0.15) is 8.78 Å². The number of ether oxygens (including phenoxy) is 1. The first-order valence-corrected chi connectivity index (χ1v) is 6.91. The number of fused-ring (bicyclic) bond motifs is 1. The van der Waals surface area contributed by atoms with Crippen molar-refractivity contribution in [1.82, 2.24) is 10.3 Å². The summed E-state index contributed by atoms with van der Waals surface area (Å²) in [6.45, 7) is 0.868. The Morgan fingerprint density at radius 2 is 2.14 bits per heavy atom. The summed E-state index contributed by atoms with van der Waals surface area (Å²) in [6, 6.07) is 6.07. The highest BCUT2D eigenvalue weighted by Crippen LogP contribution is 2.27. The third-order valence-corrected chi connectivity index (χ3v) is 3.33. The topological polar surface area (TPSA) is 74.3 Å². The molecule has 0 aliphatic rings. The van der Waals surface area contributed by atoms with E-state index in [2.05, 4.69) is 15.0 Å². The summed E-state index contributed by atoms with van der Waals surface area (Å²) in [4.78, 5) is 14.9. The van der Waals surface area contributed by atoms with Crippen LogP contribution in [0.25, 0.3) is 10.9 Å². The third kappa shape index (κ3) is 3.73. The van der Waals surface area contributed by atoms with Crippen LogP contribution in [0.3, 0.4) is 0 Å². The minimum Gasteiger partial charge on any atom is -0.434 e. The highest BCUT2D eigenvalue weighted by molar-refractivity contribution is 5.99. The van der Waals surface area contributed by atoms with Gasteiger partial charge in [-0.15, -0.1) is 0 Å². The van der Waals surface area contributed by atoms with Crippen molar-refractivity contribution in [3.63, 3.8) is 0 Å². The van der Waals surface area contributed by atoms with Crippen LogP contribution >= 0.6 is 0 Å². The van der Waals surface area contributed by atoms with E-state index in [-0.39, 0.29) is 23.9 Å². The monoisotopic (exact) mass is 312 g/mol. The molecule has 120 valence electrons. The number of hydrogen-bond acceptors (Lipinski definition) is 3. The Morgan fingerprint density at radius 1 is 1.41 bits per heavy atom. The molecular weight excluding hydrogens is 294 g/mol. The average Bonchev–Trinajstić information content (AvgIpc) is 2.88. The van der Waals surface area contributed by atoms with Gasteiger partial charge in [0.1, 0.15) is 11.4 Å². The number of carbonyl (C=O) groups excluding carboxylic acids is 1. The van der Waals surface area contributed by atoms with Crippen LogP contribution in [0.1, 0.15) is 24.3 Å². The molecule has 1 amide bonds. The number of aliphatic hydroxyl groups is 1. The average molecular weight is 312 g/mol. The summed E-state index contributed by atoms with van der Waals surface area (Å²) in [5.74, 6) is -0.391. The molecule has 0 fully saturated rings. The van der Waals surface area contributed by atoms with E-state index < -0.39 is 18.6 Å². The van der Waals surface area contributed by atoms with E-state index in [9.17, 15) is 18.7 Å². The molecule has 5 nitrogen and oxygen atoms in total. The van der Waals surface area contributed by atoms with Crippen molar-refractivity contribution >= 4 is 16.8 Å². The molecule has 3 N–H and O–H groups in total. The lowest BCUT2D eigenvalue weighted by atomic mass is 10.1. The van der Waals surface area contributed by atoms with Crippen molar-refractivity contribution in [1.29, 1.82) is 0 Å². The number of hydrogen-bond donors (Lipinski definition) is 3. The standard InChI is InChI=1S/C15H18F2N2O3/c1-8(2)12(20)7-18-14(21)11-6-9-10(19-11)4-3-5-13(9)22-15(16)17/h3-6,8,12,15,19-20H,7H2,1-2H3,(H,18,21). The van der Waals surface area contributed by atoms with Gasteiger partial charge in [0, 0.05) is 17.4 Å². The van der Waals surface area contributed by atoms with Crippen molar-refractivity contribution in [2.24, 2.45) is 5.92 Å². The van der Waals surface area contributed by atoms with Gasteiger partial charge >= 0.3 is 6.61 Å². The SMILES string of the molecule is CC(C)C(O)CNC(=O)c1cc2c(OC(F)F)cccc2[nH]1. The van der Waals surface area contributed by atoms with Gasteiger partial charge in [-0.25, -0.2) is 0 Å². The van der Waals surface area contributed by atoms with Crippen LogP contribution in [0.15, 0.2) is 24.3 Å². The van der Waals surface area contributed by atoms with Gasteiger partial charge in [0.2, 0.25) is 0 Å². The number of alkyl halides is 2. The molecule has 1 unspecified atom stereocenters. The Hall–Kier alpha value is -2.15. The molecule has 0 aliphatic heterocycles. The number of carbonyl (C=O) groups is 1. The molecular formula is C15H18F2N2O3. The van der Waals surface area contributed by atoms with Gasteiger partial charge in [0.25, 0.3) is 5.91 Å². The Bertz CT molecular complexity index is 655. The summed E-state index contributed by atoms with van der Waals surface area (Å²) in [5, 5.41) is 12.7.